The summed E-state index contributed by atoms with van der Waals surface area (Å²) < 4.78 is 37.1. The molecule has 0 amide bonds. The second-order valence-corrected chi connectivity index (χ2v) is 7.79. The lowest BCUT2D eigenvalue weighted by atomic mass is 9.75. The Kier molecular flexibility index (Phi) is 2.81. The van der Waals surface area contributed by atoms with Crippen LogP contribution in [0.5, 0.6) is 0 Å². The molecule has 1 aromatic rings. The molecule has 1 aliphatic rings. The largest absolute Gasteiger partial charge is 0.224 e. The molecule has 1 aliphatic heterocycles. The number of fused-ring (bicyclic) bond motifs is 1. The van der Waals surface area contributed by atoms with Crippen molar-refractivity contribution in [2.45, 2.75) is 38.0 Å². The van der Waals surface area contributed by atoms with Crippen LogP contribution in [0.25, 0.3) is 0 Å². The molecule has 0 saturated heterocycles. The SMILES string of the molecule is CC(C)(C)C1CCS(=O)(=O)c2cc(F)ccc21. The molecule has 0 saturated carbocycles. The van der Waals surface area contributed by atoms with Crippen LogP contribution in [-0.2, 0) is 9.84 Å². The van der Waals surface area contributed by atoms with Gasteiger partial charge in [-0.05, 0) is 35.4 Å². The van der Waals surface area contributed by atoms with E-state index in [4.69, 9.17) is 0 Å². The molecule has 4 heteroatoms. The van der Waals surface area contributed by atoms with Gasteiger partial charge in [0.15, 0.2) is 9.84 Å². The molecule has 0 aliphatic carbocycles. The van der Waals surface area contributed by atoms with Gasteiger partial charge in [-0.3, -0.25) is 0 Å². The van der Waals surface area contributed by atoms with E-state index in [0.29, 0.717) is 6.42 Å². The van der Waals surface area contributed by atoms with Crippen LogP contribution >= 0.6 is 0 Å². The predicted molar refractivity (Wildman–Crippen MR) is 65.3 cm³/mol. The summed E-state index contributed by atoms with van der Waals surface area (Å²) in [7, 11) is -3.30. The molecule has 1 unspecified atom stereocenters. The highest BCUT2D eigenvalue weighted by Crippen LogP contribution is 2.44. The molecule has 94 valence electrons. The highest BCUT2D eigenvalue weighted by Gasteiger charge is 2.36. The molecule has 0 bridgehead atoms. The zero-order chi connectivity index (χ0) is 12.8. The van der Waals surface area contributed by atoms with Crippen LogP contribution in [0.15, 0.2) is 23.1 Å². The first-order valence-corrected chi connectivity index (χ1v) is 7.39. The van der Waals surface area contributed by atoms with Crippen molar-refractivity contribution in [1.82, 2.24) is 0 Å². The van der Waals surface area contributed by atoms with E-state index in [-0.39, 0.29) is 22.0 Å². The molecular weight excluding hydrogens is 239 g/mol. The lowest BCUT2D eigenvalue weighted by Gasteiger charge is -2.35. The van der Waals surface area contributed by atoms with Crippen LogP contribution in [0.2, 0.25) is 0 Å². The summed E-state index contributed by atoms with van der Waals surface area (Å²) in [4.78, 5) is 0.184. The average molecular weight is 256 g/mol. The topological polar surface area (TPSA) is 34.1 Å². The summed E-state index contributed by atoms with van der Waals surface area (Å²) in [5, 5.41) is 0. The van der Waals surface area contributed by atoms with E-state index >= 15 is 0 Å². The molecule has 1 atom stereocenters. The Morgan fingerprint density at radius 3 is 2.53 bits per heavy atom. The van der Waals surface area contributed by atoms with Gasteiger partial charge < -0.3 is 0 Å². The number of benzene rings is 1. The van der Waals surface area contributed by atoms with Crippen molar-refractivity contribution in [1.29, 1.82) is 0 Å². The molecule has 17 heavy (non-hydrogen) atoms. The van der Waals surface area contributed by atoms with Crippen LogP contribution in [0, 0.1) is 11.2 Å². The van der Waals surface area contributed by atoms with Crippen LogP contribution < -0.4 is 0 Å². The number of rotatable bonds is 0. The van der Waals surface area contributed by atoms with Gasteiger partial charge in [0.25, 0.3) is 0 Å². The van der Waals surface area contributed by atoms with Crippen LogP contribution in [0.4, 0.5) is 4.39 Å². The summed E-state index contributed by atoms with van der Waals surface area (Å²) in [6.45, 7) is 6.26. The van der Waals surface area contributed by atoms with Crippen molar-refractivity contribution in [2.75, 3.05) is 5.75 Å². The van der Waals surface area contributed by atoms with Crippen molar-refractivity contribution in [2.24, 2.45) is 5.41 Å². The minimum atomic E-state index is -3.30. The van der Waals surface area contributed by atoms with E-state index in [2.05, 4.69) is 20.8 Å². The zero-order valence-corrected chi connectivity index (χ0v) is 11.1. The summed E-state index contributed by atoms with van der Waals surface area (Å²) in [6, 6.07) is 4.12. The number of halogens is 1. The van der Waals surface area contributed by atoms with Gasteiger partial charge in [-0.1, -0.05) is 26.8 Å². The normalized spacial score (nSPS) is 23.2. The first-order valence-electron chi connectivity index (χ1n) is 5.74. The standard InChI is InChI=1S/C13H17FO2S/c1-13(2,3)11-6-7-17(15,16)12-8-9(14)4-5-10(11)12/h4-5,8,11H,6-7H2,1-3H3. The number of sulfone groups is 1. The Morgan fingerprint density at radius 1 is 1.29 bits per heavy atom. The van der Waals surface area contributed by atoms with E-state index in [1.54, 1.807) is 6.07 Å². The van der Waals surface area contributed by atoms with E-state index in [1.165, 1.54) is 6.07 Å². The van der Waals surface area contributed by atoms with Crippen LogP contribution in [-0.4, -0.2) is 14.2 Å². The maximum absolute atomic E-state index is 13.2. The molecule has 1 heterocycles. The molecule has 0 N–H and O–H groups in total. The molecule has 2 rings (SSSR count). The minimum Gasteiger partial charge on any atom is -0.224 e. The first-order chi connectivity index (χ1) is 7.72. The lowest BCUT2D eigenvalue weighted by Crippen LogP contribution is -2.28. The molecule has 0 fully saturated rings. The van der Waals surface area contributed by atoms with E-state index in [9.17, 15) is 12.8 Å². The fourth-order valence-electron chi connectivity index (χ4n) is 2.50. The maximum Gasteiger partial charge on any atom is 0.178 e. The van der Waals surface area contributed by atoms with E-state index < -0.39 is 15.7 Å². The zero-order valence-electron chi connectivity index (χ0n) is 10.3. The van der Waals surface area contributed by atoms with Gasteiger partial charge in [0, 0.05) is 0 Å². The second kappa shape index (κ2) is 3.80. The van der Waals surface area contributed by atoms with Gasteiger partial charge in [-0.25, -0.2) is 12.8 Å². The van der Waals surface area contributed by atoms with Crippen LogP contribution in [0.1, 0.15) is 38.7 Å². The second-order valence-electron chi connectivity index (χ2n) is 5.71. The third kappa shape index (κ3) is 2.23. The first kappa shape index (κ1) is 12.6. The van der Waals surface area contributed by atoms with Gasteiger partial charge in [0.1, 0.15) is 5.82 Å². The number of hydrogen-bond acceptors (Lipinski definition) is 2. The molecule has 2 nitrogen and oxygen atoms in total. The van der Waals surface area contributed by atoms with Crippen LogP contribution in [0.3, 0.4) is 0 Å². The monoisotopic (exact) mass is 256 g/mol. The fourth-order valence-corrected chi connectivity index (χ4v) is 4.13. The van der Waals surface area contributed by atoms with Gasteiger partial charge >= 0.3 is 0 Å². The van der Waals surface area contributed by atoms with Crippen molar-refractivity contribution in [3.05, 3.63) is 29.6 Å². The highest BCUT2D eigenvalue weighted by molar-refractivity contribution is 7.91. The molecule has 0 aromatic heterocycles. The number of hydrogen-bond donors (Lipinski definition) is 0. The van der Waals surface area contributed by atoms with E-state index in [0.717, 1.165) is 11.6 Å². The van der Waals surface area contributed by atoms with Crippen molar-refractivity contribution in [3.8, 4) is 0 Å². The van der Waals surface area contributed by atoms with Gasteiger partial charge in [-0.15, -0.1) is 0 Å². The highest BCUT2D eigenvalue weighted by atomic mass is 32.2. The predicted octanol–water partition coefficient (Wildman–Crippen LogP) is 3.13. The Morgan fingerprint density at radius 2 is 1.94 bits per heavy atom. The van der Waals surface area contributed by atoms with Gasteiger partial charge in [-0.2, -0.15) is 0 Å². The third-order valence-electron chi connectivity index (χ3n) is 3.41. The van der Waals surface area contributed by atoms with Crippen molar-refractivity contribution in [3.63, 3.8) is 0 Å². The Labute approximate surface area is 102 Å². The minimum absolute atomic E-state index is 0.0114. The fraction of sp³-hybridized carbons (Fsp3) is 0.538. The van der Waals surface area contributed by atoms with Gasteiger partial charge in [0.05, 0.1) is 10.6 Å². The third-order valence-corrected chi connectivity index (χ3v) is 5.20. The smallest absolute Gasteiger partial charge is 0.178 e. The summed E-state index contributed by atoms with van der Waals surface area (Å²) >= 11 is 0. The lowest BCUT2D eigenvalue weighted by molar-refractivity contribution is 0.305. The molecule has 0 radical (unpaired) electrons. The Hall–Kier alpha value is -0.900. The Bertz CT molecular complexity index is 541. The Balaban J connectivity index is 2.65. The summed E-state index contributed by atoms with van der Waals surface area (Å²) in [5.41, 5.74) is 0.757. The van der Waals surface area contributed by atoms with Gasteiger partial charge in [0.2, 0.25) is 0 Å². The maximum atomic E-state index is 13.2. The average Bonchev–Trinajstić information content (AvgIpc) is 2.17. The molecular formula is C13H17FO2S. The van der Waals surface area contributed by atoms with E-state index in [1.807, 2.05) is 0 Å². The van der Waals surface area contributed by atoms with Crippen molar-refractivity contribution < 1.29 is 12.8 Å². The quantitative estimate of drug-likeness (QED) is 0.714. The summed E-state index contributed by atoms with van der Waals surface area (Å²) in [5.74, 6) is -0.200. The molecule has 1 aromatic carbocycles. The van der Waals surface area contributed by atoms with Crippen molar-refractivity contribution >= 4 is 9.84 Å². The molecule has 0 spiro atoms. The summed E-state index contributed by atoms with van der Waals surface area (Å²) in [6.07, 6.45) is 0.616.